The number of imidazole rings is 1. The van der Waals surface area contributed by atoms with Crippen LogP contribution in [0, 0.1) is 0 Å². The fraction of sp³-hybridized carbons (Fsp3) is 0.188. The second-order valence-corrected chi connectivity index (χ2v) is 5.25. The van der Waals surface area contributed by atoms with Crippen LogP contribution in [-0.4, -0.2) is 24.2 Å². The van der Waals surface area contributed by atoms with Gasteiger partial charge in [0.25, 0.3) is 0 Å². The molecule has 6 nitrogen and oxygen atoms in total. The molecule has 0 radical (unpaired) electrons. The predicted octanol–water partition coefficient (Wildman–Crippen LogP) is 4.52. The van der Waals surface area contributed by atoms with E-state index >= 15 is 0 Å². The van der Waals surface area contributed by atoms with E-state index < -0.39 is 0 Å². The van der Waals surface area contributed by atoms with E-state index in [1.165, 1.54) is 0 Å². The summed E-state index contributed by atoms with van der Waals surface area (Å²) in [4.78, 5) is 7.39. The molecule has 0 aliphatic carbocycles. The molecule has 0 unspecified atom stereocenters. The highest BCUT2D eigenvalue weighted by Crippen LogP contribution is 2.28. The Hall–Kier alpha value is -2.60. The first kappa shape index (κ1) is 15.3. The fourth-order valence-corrected chi connectivity index (χ4v) is 2.35. The molecule has 0 spiro atoms. The maximum absolute atomic E-state index is 5.94. The Balaban J connectivity index is 1.74. The van der Waals surface area contributed by atoms with Gasteiger partial charge < -0.3 is 14.5 Å². The Morgan fingerprint density at radius 1 is 1.09 bits per heavy atom. The lowest BCUT2D eigenvalue weighted by molar-refractivity contribution is 0.354. The third kappa shape index (κ3) is 3.43. The van der Waals surface area contributed by atoms with Crippen molar-refractivity contribution in [2.24, 2.45) is 10.2 Å². The minimum absolute atomic E-state index is 0.415. The van der Waals surface area contributed by atoms with Crippen molar-refractivity contribution in [3.63, 3.8) is 0 Å². The number of nitrogens with zero attached hydrogens (tertiary/aromatic N) is 3. The summed E-state index contributed by atoms with van der Waals surface area (Å²) in [6.07, 6.45) is 0. The zero-order valence-electron chi connectivity index (χ0n) is 12.7. The van der Waals surface area contributed by atoms with Crippen LogP contribution >= 0.6 is 11.6 Å². The Labute approximate surface area is 138 Å². The largest absolute Gasteiger partial charge is 0.493 e. The first-order chi connectivity index (χ1) is 11.2. The van der Waals surface area contributed by atoms with Gasteiger partial charge in [0, 0.05) is 5.02 Å². The van der Waals surface area contributed by atoms with E-state index in [9.17, 15) is 0 Å². The van der Waals surface area contributed by atoms with Crippen molar-refractivity contribution in [3.8, 4) is 11.5 Å². The minimum atomic E-state index is 0.415. The van der Waals surface area contributed by atoms with Crippen molar-refractivity contribution >= 4 is 28.6 Å². The summed E-state index contributed by atoms with van der Waals surface area (Å²) >= 11 is 5.94. The monoisotopic (exact) mass is 330 g/mol. The first-order valence-electron chi connectivity index (χ1n) is 6.93. The predicted molar refractivity (Wildman–Crippen MR) is 88.9 cm³/mol. The van der Waals surface area contributed by atoms with Gasteiger partial charge in [0.2, 0.25) is 5.95 Å². The normalized spacial score (nSPS) is 11.3. The smallest absolute Gasteiger partial charge is 0.247 e. The molecule has 3 aromatic rings. The van der Waals surface area contributed by atoms with Gasteiger partial charge in [0.05, 0.1) is 31.8 Å². The van der Waals surface area contributed by atoms with Crippen LogP contribution in [0.25, 0.3) is 11.0 Å². The van der Waals surface area contributed by atoms with E-state index in [1.807, 2.05) is 24.3 Å². The number of fused-ring (bicyclic) bond motifs is 1. The van der Waals surface area contributed by atoms with E-state index in [1.54, 1.807) is 26.4 Å². The van der Waals surface area contributed by atoms with Crippen molar-refractivity contribution in [2.45, 2.75) is 6.54 Å². The Morgan fingerprint density at radius 3 is 2.70 bits per heavy atom. The molecule has 1 heterocycles. The van der Waals surface area contributed by atoms with Gasteiger partial charge in [0.15, 0.2) is 11.5 Å². The van der Waals surface area contributed by atoms with Crippen LogP contribution < -0.4 is 9.47 Å². The highest BCUT2D eigenvalue weighted by molar-refractivity contribution is 6.31. The molecule has 0 aliphatic heterocycles. The molecule has 0 saturated carbocycles. The second kappa shape index (κ2) is 6.66. The zero-order valence-corrected chi connectivity index (χ0v) is 13.5. The summed E-state index contributed by atoms with van der Waals surface area (Å²) < 4.78 is 10.5. The number of halogens is 1. The summed E-state index contributed by atoms with van der Waals surface area (Å²) in [7, 11) is 3.20. The highest BCUT2D eigenvalue weighted by Gasteiger charge is 2.05. The van der Waals surface area contributed by atoms with E-state index in [2.05, 4.69) is 20.2 Å². The first-order valence-corrected chi connectivity index (χ1v) is 7.31. The Kier molecular flexibility index (Phi) is 4.43. The highest BCUT2D eigenvalue weighted by atomic mass is 35.5. The van der Waals surface area contributed by atoms with Crippen molar-refractivity contribution in [1.82, 2.24) is 9.97 Å². The van der Waals surface area contributed by atoms with Crippen molar-refractivity contribution < 1.29 is 9.47 Å². The number of hydrogen-bond acceptors (Lipinski definition) is 5. The SMILES string of the molecule is COc1ccc(CN=Nc2nc3ccc(Cl)cc3[nH]2)cc1OC. The van der Waals surface area contributed by atoms with Gasteiger partial charge in [-0.05, 0) is 35.9 Å². The number of ether oxygens (including phenoxy) is 2. The summed E-state index contributed by atoms with van der Waals surface area (Å²) in [6.45, 7) is 0.415. The Bertz CT molecular complexity index is 860. The second-order valence-electron chi connectivity index (χ2n) is 4.81. The zero-order chi connectivity index (χ0) is 16.2. The maximum Gasteiger partial charge on any atom is 0.247 e. The number of aromatic amines is 1. The number of azo groups is 1. The fourth-order valence-electron chi connectivity index (χ4n) is 2.18. The molecule has 1 N–H and O–H groups in total. The molecule has 0 aliphatic rings. The lowest BCUT2D eigenvalue weighted by Crippen LogP contribution is -1.91. The van der Waals surface area contributed by atoms with E-state index in [0.717, 1.165) is 16.6 Å². The van der Waals surface area contributed by atoms with Crippen LogP contribution in [0.2, 0.25) is 5.02 Å². The number of hydrogen-bond donors (Lipinski definition) is 1. The standard InChI is InChI=1S/C16H15ClN4O2/c1-22-14-6-3-10(7-15(14)23-2)9-18-21-16-19-12-5-4-11(17)8-13(12)20-16/h3-8H,9H2,1-2H3,(H,19,20). The number of aromatic nitrogens is 2. The molecule has 2 aromatic carbocycles. The van der Waals surface area contributed by atoms with Gasteiger partial charge in [-0.15, -0.1) is 5.11 Å². The van der Waals surface area contributed by atoms with E-state index in [0.29, 0.717) is 29.0 Å². The van der Waals surface area contributed by atoms with Crippen molar-refractivity contribution in [1.29, 1.82) is 0 Å². The summed E-state index contributed by atoms with van der Waals surface area (Å²) in [5.74, 6) is 1.80. The van der Waals surface area contributed by atoms with Crippen LogP contribution in [-0.2, 0) is 6.54 Å². The molecule has 23 heavy (non-hydrogen) atoms. The molecule has 7 heteroatoms. The average Bonchev–Trinajstić information content (AvgIpc) is 2.96. The maximum atomic E-state index is 5.94. The van der Waals surface area contributed by atoms with Gasteiger partial charge in [-0.2, -0.15) is 5.11 Å². The summed E-state index contributed by atoms with van der Waals surface area (Å²) in [6, 6.07) is 11.1. The van der Waals surface area contributed by atoms with Gasteiger partial charge in [-0.1, -0.05) is 17.7 Å². The lowest BCUT2D eigenvalue weighted by atomic mass is 10.2. The number of nitrogens with one attached hydrogen (secondary N) is 1. The average molecular weight is 331 g/mol. The van der Waals surface area contributed by atoms with Crippen molar-refractivity contribution in [2.75, 3.05) is 14.2 Å². The third-order valence-corrected chi connectivity index (χ3v) is 3.53. The molecular formula is C16H15ClN4O2. The molecular weight excluding hydrogens is 316 g/mol. The lowest BCUT2D eigenvalue weighted by Gasteiger charge is -2.07. The molecule has 0 fully saturated rings. The Morgan fingerprint density at radius 2 is 1.91 bits per heavy atom. The van der Waals surface area contributed by atoms with Gasteiger partial charge in [-0.25, -0.2) is 4.98 Å². The van der Waals surface area contributed by atoms with Gasteiger partial charge in [-0.3, -0.25) is 0 Å². The van der Waals surface area contributed by atoms with Crippen LogP contribution in [0.5, 0.6) is 11.5 Å². The summed E-state index contributed by atoms with van der Waals surface area (Å²) in [5, 5.41) is 8.92. The molecule has 0 atom stereocenters. The number of H-pyrrole nitrogens is 1. The minimum Gasteiger partial charge on any atom is -0.493 e. The number of methoxy groups -OCH3 is 2. The van der Waals surface area contributed by atoms with Crippen LogP contribution in [0.4, 0.5) is 5.95 Å². The number of benzene rings is 2. The molecule has 0 amide bonds. The third-order valence-electron chi connectivity index (χ3n) is 3.30. The van der Waals surface area contributed by atoms with Crippen LogP contribution in [0.1, 0.15) is 5.56 Å². The molecule has 3 rings (SSSR count). The molecule has 0 bridgehead atoms. The molecule has 0 saturated heterocycles. The summed E-state index contributed by atoms with van der Waals surface area (Å²) in [5.41, 5.74) is 2.59. The van der Waals surface area contributed by atoms with E-state index in [4.69, 9.17) is 21.1 Å². The quantitative estimate of drug-likeness (QED) is 0.699. The van der Waals surface area contributed by atoms with E-state index in [-0.39, 0.29) is 0 Å². The van der Waals surface area contributed by atoms with Crippen LogP contribution in [0.3, 0.4) is 0 Å². The van der Waals surface area contributed by atoms with Gasteiger partial charge >= 0.3 is 0 Å². The van der Waals surface area contributed by atoms with Crippen molar-refractivity contribution in [3.05, 3.63) is 47.0 Å². The van der Waals surface area contributed by atoms with Crippen LogP contribution in [0.15, 0.2) is 46.6 Å². The topological polar surface area (TPSA) is 71.9 Å². The number of rotatable bonds is 5. The van der Waals surface area contributed by atoms with Gasteiger partial charge in [0.1, 0.15) is 0 Å². The molecule has 118 valence electrons. The molecule has 1 aromatic heterocycles.